The van der Waals surface area contributed by atoms with Crippen LogP contribution in [0.25, 0.3) is 0 Å². The van der Waals surface area contributed by atoms with E-state index in [1.807, 2.05) is 37.8 Å². The van der Waals surface area contributed by atoms with E-state index in [0.717, 1.165) is 63.2 Å². The molecule has 0 aromatic heterocycles. The van der Waals surface area contributed by atoms with E-state index in [1.54, 1.807) is 0 Å². The molecule has 2 heterocycles. The normalized spacial score (nSPS) is 21.1. The third-order valence-electron chi connectivity index (χ3n) is 6.41. The summed E-state index contributed by atoms with van der Waals surface area (Å²) in [6.45, 7) is 14.4. The highest BCUT2D eigenvalue weighted by Crippen LogP contribution is 2.30. The number of anilines is 2. The van der Waals surface area contributed by atoms with Crippen LogP contribution in [0.2, 0.25) is 0 Å². The summed E-state index contributed by atoms with van der Waals surface area (Å²) in [4.78, 5) is 19.3. The smallest absolute Gasteiger partial charge is 0.410 e. The molecule has 2 fully saturated rings. The monoisotopic (exact) mass is 427 g/mol. The molecule has 0 unspecified atom stereocenters. The minimum absolute atomic E-state index is 0.198. The molecule has 1 amide bonds. The van der Waals surface area contributed by atoms with Gasteiger partial charge in [0.05, 0.1) is 11.3 Å². The number of amides is 1. The zero-order valence-electron chi connectivity index (χ0n) is 19.6. The first-order valence-electron chi connectivity index (χ1n) is 11.4. The second-order valence-corrected chi connectivity index (χ2v) is 9.78. The van der Waals surface area contributed by atoms with Gasteiger partial charge in [-0.05, 0) is 64.7 Å². The summed E-state index contributed by atoms with van der Waals surface area (Å²) in [5.41, 5.74) is 8.96. The summed E-state index contributed by atoms with van der Waals surface area (Å²) < 4.78 is 5.54. The first kappa shape index (κ1) is 23.2. The largest absolute Gasteiger partial charge is 0.444 e. The van der Waals surface area contributed by atoms with Crippen molar-refractivity contribution in [3.05, 3.63) is 23.3 Å². The molecule has 1 aromatic carbocycles. The van der Waals surface area contributed by atoms with Crippen LogP contribution in [0.3, 0.4) is 0 Å². The average Bonchev–Trinajstić information content (AvgIpc) is 2.73. The highest BCUT2D eigenvalue weighted by Gasteiger charge is 2.35. The van der Waals surface area contributed by atoms with Gasteiger partial charge in [0.1, 0.15) is 11.7 Å². The number of piperazine rings is 1. The van der Waals surface area contributed by atoms with Gasteiger partial charge in [-0.15, -0.1) is 0 Å². The Bertz CT molecular complexity index is 834. The zero-order chi connectivity index (χ0) is 22.8. The minimum Gasteiger partial charge on any atom is -0.444 e. The Kier molecular flexibility index (Phi) is 7.00. The third-order valence-corrected chi connectivity index (χ3v) is 6.41. The van der Waals surface area contributed by atoms with Crippen molar-refractivity contribution in [2.75, 3.05) is 43.4 Å². The Morgan fingerprint density at radius 2 is 1.90 bits per heavy atom. The molecule has 0 saturated carbocycles. The molecule has 3 rings (SSSR count). The highest BCUT2D eigenvalue weighted by atomic mass is 16.6. The number of rotatable bonds is 3. The van der Waals surface area contributed by atoms with Gasteiger partial charge in [0.15, 0.2) is 0 Å². The van der Waals surface area contributed by atoms with Crippen LogP contribution in [-0.4, -0.2) is 66.3 Å². The van der Waals surface area contributed by atoms with E-state index in [4.69, 9.17) is 10.5 Å². The predicted octanol–water partition coefficient (Wildman–Crippen LogP) is 3.75. The van der Waals surface area contributed by atoms with E-state index in [2.05, 4.69) is 29.7 Å². The lowest BCUT2D eigenvalue weighted by Crippen LogP contribution is -2.58. The number of aryl methyl sites for hydroxylation is 1. The maximum absolute atomic E-state index is 12.4. The van der Waals surface area contributed by atoms with E-state index in [-0.39, 0.29) is 6.09 Å². The summed E-state index contributed by atoms with van der Waals surface area (Å²) in [7, 11) is 0. The van der Waals surface area contributed by atoms with Crippen molar-refractivity contribution in [2.24, 2.45) is 0 Å². The third kappa shape index (κ3) is 5.43. The van der Waals surface area contributed by atoms with Crippen molar-refractivity contribution >= 4 is 17.5 Å². The lowest BCUT2D eigenvalue weighted by molar-refractivity contribution is 0.00947. The molecule has 2 aliphatic heterocycles. The number of nitriles is 1. The molecule has 0 bridgehead atoms. The van der Waals surface area contributed by atoms with Crippen molar-refractivity contribution in [2.45, 2.75) is 71.6 Å². The van der Waals surface area contributed by atoms with Crippen LogP contribution in [0.15, 0.2) is 12.1 Å². The second-order valence-electron chi connectivity index (χ2n) is 9.78. The lowest BCUT2D eigenvalue weighted by Gasteiger charge is -2.48. The van der Waals surface area contributed by atoms with E-state index < -0.39 is 5.60 Å². The molecular formula is C24H37N5O2. The number of nitrogens with two attached hydrogens (primary N) is 1. The number of hydrogen-bond donors (Lipinski definition) is 1. The number of hydrogen-bond acceptors (Lipinski definition) is 6. The summed E-state index contributed by atoms with van der Waals surface area (Å²) in [5.74, 6) is 0. The molecule has 1 aromatic rings. The molecule has 170 valence electrons. The summed E-state index contributed by atoms with van der Waals surface area (Å²) >= 11 is 0. The van der Waals surface area contributed by atoms with Gasteiger partial charge in [-0.25, -0.2) is 4.79 Å². The molecule has 1 atom stereocenters. The van der Waals surface area contributed by atoms with Gasteiger partial charge in [0.25, 0.3) is 0 Å². The number of carbonyl (C=O) groups is 1. The fraction of sp³-hybridized carbons (Fsp3) is 0.667. The number of piperidine rings is 1. The van der Waals surface area contributed by atoms with Crippen LogP contribution in [0.4, 0.5) is 16.2 Å². The molecule has 0 radical (unpaired) electrons. The van der Waals surface area contributed by atoms with Crippen molar-refractivity contribution in [1.29, 1.82) is 5.26 Å². The maximum Gasteiger partial charge on any atom is 0.410 e. The summed E-state index contributed by atoms with van der Waals surface area (Å²) in [5, 5.41) is 9.23. The number of nitrogens with zero attached hydrogens (tertiary/aromatic N) is 4. The number of nitrogen functional groups attached to an aromatic ring is 1. The molecule has 7 nitrogen and oxygen atoms in total. The molecule has 2 N–H and O–H groups in total. The van der Waals surface area contributed by atoms with E-state index >= 15 is 0 Å². The van der Waals surface area contributed by atoms with Gasteiger partial charge in [-0.2, -0.15) is 5.26 Å². The fourth-order valence-corrected chi connectivity index (χ4v) is 4.79. The van der Waals surface area contributed by atoms with Crippen LogP contribution in [-0.2, 0) is 4.74 Å². The van der Waals surface area contributed by atoms with E-state index in [1.165, 1.54) is 0 Å². The number of likely N-dealkylation sites (tertiary alicyclic amines) is 1. The molecule has 0 aliphatic carbocycles. The topological polar surface area (TPSA) is 85.8 Å². The predicted molar refractivity (Wildman–Crippen MR) is 124 cm³/mol. The van der Waals surface area contributed by atoms with Gasteiger partial charge < -0.3 is 20.3 Å². The molecule has 0 spiro atoms. The van der Waals surface area contributed by atoms with Crippen LogP contribution in [0.5, 0.6) is 0 Å². The lowest BCUT2D eigenvalue weighted by atomic mass is 9.97. The fourth-order valence-electron chi connectivity index (χ4n) is 4.79. The average molecular weight is 428 g/mol. The quantitative estimate of drug-likeness (QED) is 0.740. The minimum atomic E-state index is -0.454. The van der Waals surface area contributed by atoms with Crippen LogP contribution in [0, 0.1) is 18.3 Å². The molecule has 7 heteroatoms. The number of ether oxygens (including phenoxy) is 1. The van der Waals surface area contributed by atoms with Crippen LogP contribution < -0.4 is 10.6 Å². The zero-order valence-corrected chi connectivity index (χ0v) is 19.6. The summed E-state index contributed by atoms with van der Waals surface area (Å²) in [6, 6.07) is 6.98. The first-order valence-corrected chi connectivity index (χ1v) is 11.4. The number of carbonyl (C=O) groups excluding carboxylic acids is 1. The second kappa shape index (κ2) is 9.35. The van der Waals surface area contributed by atoms with E-state index in [9.17, 15) is 10.1 Å². The Morgan fingerprint density at radius 1 is 1.23 bits per heavy atom. The van der Waals surface area contributed by atoms with Gasteiger partial charge >= 0.3 is 6.09 Å². The van der Waals surface area contributed by atoms with Gasteiger partial charge in [0.2, 0.25) is 0 Å². The SMILES string of the molecule is CC[C@H]1CN(c2cc(N)c(C#N)cc2C)CCN1C1CCN(C(=O)OC(C)(C)C)CC1. The molecular weight excluding hydrogens is 390 g/mol. The Balaban J connectivity index is 1.62. The molecule has 2 aliphatic rings. The van der Waals surface area contributed by atoms with E-state index in [0.29, 0.717) is 23.3 Å². The van der Waals surface area contributed by atoms with Gasteiger partial charge in [0, 0.05) is 50.5 Å². The molecule has 2 saturated heterocycles. The Labute approximate surface area is 186 Å². The van der Waals surface area contributed by atoms with Crippen molar-refractivity contribution < 1.29 is 9.53 Å². The maximum atomic E-state index is 12.4. The van der Waals surface area contributed by atoms with Crippen molar-refractivity contribution in [1.82, 2.24) is 9.80 Å². The Hall–Kier alpha value is -2.46. The van der Waals surface area contributed by atoms with Gasteiger partial charge in [-0.1, -0.05) is 6.92 Å². The van der Waals surface area contributed by atoms with Crippen LogP contribution in [0.1, 0.15) is 58.1 Å². The van der Waals surface area contributed by atoms with Crippen molar-refractivity contribution in [3.8, 4) is 6.07 Å². The Morgan fingerprint density at radius 3 is 2.48 bits per heavy atom. The standard InChI is InChI=1S/C24H37N5O2/c1-6-19-16-28(22-14-21(26)18(15-25)13-17(22)2)11-12-29(19)20-7-9-27(10-8-20)23(30)31-24(3,4)5/h13-14,19-20H,6-12,16,26H2,1-5H3/t19-/m0/s1. The summed E-state index contributed by atoms with van der Waals surface area (Å²) in [6.07, 6.45) is 2.85. The first-order chi connectivity index (χ1) is 14.6. The highest BCUT2D eigenvalue weighted by molar-refractivity contribution is 5.68. The molecule has 31 heavy (non-hydrogen) atoms. The number of benzene rings is 1. The van der Waals surface area contributed by atoms with Gasteiger partial charge in [-0.3, -0.25) is 4.90 Å². The van der Waals surface area contributed by atoms with Crippen molar-refractivity contribution in [3.63, 3.8) is 0 Å². The van der Waals surface area contributed by atoms with Crippen LogP contribution >= 0.6 is 0 Å².